The fourth-order valence-corrected chi connectivity index (χ4v) is 2.21. The van der Waals surface area contributed by atoms with E-state index in [9.17, 15) is 29.3 Å². The van der Waals surface area contributed by atoms with Gasteiger partial charge in [-0.05, 0) is 12.1 Å². The molecule has 1 rings (SSSR count). The Labute approximate surface area is 157 Å². The highest BCUT2D eigenvalue weighted by molar-refractivity contribution is 6.49. The van der Waals surface area contributed by atoms with Crippen LogP contribution in [0.1, 0.15) is 41.5 Å². The van der Waals surface area contributed by atoms with Crippen LogP contribution in [0.15, 0.2) is 24.3 Å². The lowest BCUT2D eigenvalue weighted by molar-refractivity contribution is -0.384. The molecule has 0 radical (unpaired) electrons. The molecular formula is C19H24N2O6. The van der Waals surface area contributed by atoms with Crippen LogP contribution in [-0.2, 0) is 19.2 Å². The van der Waals surface area contributed by atoms with Gasteiger partial charge in [0.25, 0.3) is 11.6 Å². The average Bonchev–Trinajstić information content (AvgIpc) is 2.53. The summed E-state index contributed by atoms with van der Waals surface area (Å²) in [5.41, 5.74) is -2.02. The molecule has 0 saturated carbocycles. The van der Waals surface area contributed by atoms with Gasteiger partial charge in [0.2, 0.25) is 5.78 Å². The molecule has 1 aromatic rings. The molecule has 8 nitrogen and oxygen atoms in total. The van der Waals surface area contributed by atoms with Crippen molar-refractivity contribution < 1.29 is 24.1 Å². The zero-order valence-corrected chi connectivity index (χ0v) is 16.3. The molecule has 1 amide bonds. The lowest BCUT2D eigenvalue weighted by atomic mass is 9.73. The van der Waals surface area contributed by atoms with Gasteiger partial charge in [-0.1, -0.05) is 41.5 Å². The Morgan fingerprint density at radius 1 is 0.889 bits per heavy atom. The Kier molecular flexibility index (Phi) is 6.37. The fourth-order valence-electron chi connectivity index (χ4n) is 2.21. The molecule has 0 saturated heterocycles. The number of rotatable bonds is 6. The fraction of sp³-hybridized carbons (Fsp3) is 0.474. The van der Waals surface area contributed by atoms with Crippen molar-refractivity contribution in [1.29, 1.82) is 0 Å². The monoisotopic (exact) mass is 376 g/mol. The molecule has 0 aliphatic heterocycles. The third-order valence-electron chi connectivity index (χ3n) is 3.82. The number of hydrogen-bond acceptors (Lipinski definition) is 6. The number of non-ortho nitro benzene ring substituents is 1. The van der Waals surface area contributed by atoms with Gasteiger partial charge in [-0.15, -0.1) is 0 Å². The smallest absolute Gasteiger partial charge is 0.293 e. The number of nitrogens with zero attached hydrogens (tertiary/aromatic N) is 1. The Balaban J connectivity index is 3.13. The number of hydrogen-bond donors (Lipinski definition) is 1. The molecule has 0 aromatic heterocycles. The van der Waals surface area contributed by atoms with E-state index in [1.54, 1.807) is 41.5 Å². The number of carbonyl (C=O) groups is 4. The van der Waals surface area contributed by atoms with Crippen molar-refractivity contribution in [2.75, 3.05) is 5.32 Å². The number of nitro groups is 1. The van der Waals surface area contributed by atoms with Crippen LogP contribution in [0.5, 0.6) is 0 Å². The zero-order valence-electron chi connectivity index (χ0n) is 16.3. The maximum Gasteiger partial charge on any atom is 0.293 e. The summed E-state index contributed by atoms with van der Waals surface area (Å²) in [4.78, 5) is 60.4. The quantitative estimate of drug-likeness (QED) is 0.352. The van der Waals surface area contributed by atoms with Gasteiger partial charge >= 0.3 is 0 Å². The van der Waals surface area contributed by atoms with Crippen molar-refractivity contribution in [2.24, 2.45) is 16.7 Å². The van der Waals surface area contributed by atoms with Crippen LogP contribution in [0, 0.1) is 26.9 Å². The maximum absolute atomic E-state index is 12.7. The van der Waals surface area contributed by atoms with E-state index < -0.39 is 44.9 Å². The maximum atomic E-state index is 12.7. The SMILES string of the molecule is CC(C)(C)C(=O)C(C(=O)C(=O)Nc1ccc([N+](=O)[O-])cc1)C(=O)C(C)(C)C. The first-order chi connectivity index (χ1) is 12.2. The van der Waals surface area contributed by atoms with Gasteiger partial charge in [-0.3, -0.25) is 29.3 Å². The van der Waals surface area contributed by atoms with Crippen molar-refractivity contribution in [1.82, 2.24) is 0 Å². The predicted octanol–water partition coefficient (Wildman–Crippen LogP) is 2.95. The number of anilines is 1. The lowest BCUT2D eigenvalue weighted by Crippen LogP contribution is -2.47. The summed E-state index contributed by atoms with van der Waals surface area (Å²) < 4.78 is 0. The molecule has 0 atom stereocenters. The second kappa shape index (κ2) is 7.77. The third kappa shape index (κ3) is 5.54. The number of nitrogens with one attached hydrogen (secondary N) is 1. The van der Waals surface area contributed by atoms with Crippen LogP contribution in [0.2, 0.25) is 0 Å². The van der Waals surface area contributed by atoms with Crippen molar-refractivity contribution in [2.45, 2.75) is 41.5 Å². The van der Waals surface area contributed by atoms with Crippen LogP contribution in [0.4, 0.5) is 11.4 Å². The minimum atomic E-state index is -1.71. The lowest BCUT2D eigenvalue weighted by Gasteiger charge is -2.27. The van der Waals surface area contributed by atoms with E-state index in [1.165, 1.54) is 12.1 Å². The van der Waals surface area contributed by atoms with Crippen LogP contribution in [-0.4, -0.2) is 28.2 Å². The van der Waals surface area contributed by atoms with E-state index >= 15 is 0 Å². The van der Waals surface area contributed by atoms with E-state index in [1.807, 2.05) is 0 Å². The van der Waals surface area contributed by atoms with Crippen molar-refractivity contribution in [3.8, 4) is 0 Å². The summed E-state index contributed by atoms with van der Waals surface area (Å²) in [5.74, 6) is -5.24. The Morgan fingerprint density at radius 3 is 1.63 bits per heavy atom. The van der Waals surface area contributed by atoms with Crippen LogP contribution < -0.4 is 5.32 Å². The first kappa shape index (κ1) is 22.1. The Bertz CT molecular complexity index is 756. The number of carbonyl (C=O) groups excluding carboxylic acids is 4. The number of amides is 1. The summed E-state index contributed by atoms with van der Waals surface area (Å²) in [6.45, 7) is 9.42. The molecule has 1 aromatic carbocycles. The van der Waals surface area contributed by atoms with E-state index in [4.69, 9.17) is 0 Å². The summed E-state index contributed by atoms with van der Waals surface area (Å²) in [5, 5.41) is 12.9. The molecule has 0 heterocycles. The van der Waals surface area contributed by atoms with E-state index in [0.717, 1.165) is 12.1 Å². The van der Waals surface area contributed by atoms with Crippen LogP contribution in [0.25, 0.3) is 0 Å². The highest BCUT2D eigenvalue weighted by Crippen LogP contribution is 2.28. The predicted molar refractivity (Wildman–Crippen MR) is 99.1 cm³/mol. The van der Waals surface area contributed by atoms with Gasteiger partial charge in [0.15, 0.2) is 11.6 Å². The molecule has 0 bridgehead atoms. The molecule has 8 heteroatoms. The summed E-state index contributed by atoms with van der Waals surface area (Å²) in [7, 11) is 0. The minimum absolute atomic E-state index is 0.143. The molecule has 0 spiro atoms. The van der Waals surface area contributed by atoms with Crippen LogP contribution in [0.3, 0.4) is 0 Å². The summed E-state index contributed by atoms with van der Waals surface area (Å²) in [6, 6.07) is 4.85. The first-order valence-electron chi connectivity index (χ1n) is 8.34. The van der Waals surface area contributed by atoms with Gasteiger partial charge in [0.1, 0.15) is 5.92 Å². The summed E-state index contributed by atoms with van der Waals surface area (Å²) in [6.07, 6.45) is 0. The highest BCUT2D eigenvalue weighted by atomic mass is 16.6. The zero-order chi connectivity index (χ0) is 21.2. The Morgan fingerprint density at radius 2 is 1.30 bits per heavy atom. The van der Waals surface area contributed by atoms with Gasteiger partial charge in [-0.2, -0.15) is 0 Å². The van der Waals surface area contributed by atoms with E-state index in [2.05, 4.69) is 5.32 Å². The molecule has 27 heavy (non-hydrogen) atoms. The molecule has 0 fully saturated rings. The van der Waals surface area contributed by atoms with Gasteiger partial charge < -0.3 is 5.32 Å². The number of nitro benzene ring substituents is 1. The number of benzene rings is 1. The van der Waals surface area contributed by atoms with Crippen molar-refractivity contribution >= 4 is 34.6 Å². The molecule has 1 N–H and O–H groups in total. The van der Waals surface area contributed by atoms with E-state index in [0.29, 0.717) is 0 Å². The van der Waals surface area contributed by atoms with Crippen molar-refractivity contribution in [3.05, 3.63) is 34.4 Å². The number of Topliss-reactive ketones (excluding diaryl/α,β-unsaturated/α-hetero) is 3. The number of ketones is 3. The first-order valence-corrected chi connectivity index (χ1v) is 8.34. The largest absolute Gasteiger partial charge is 0.319 e. The Hall–Kier alpha value is -2.90. The second-order valence-electron chi connectivity index (χ2n) is 8.28. The molecule has 0 unspecified atom stereocenters. The van der Waals surface area contributed by atoms with Gasteiger partial charge in [0, 0.05) is 28.7 Å². The average molecular weight is 376 g/mol. The second-order valence-corrected chi connectivity index (χ2v) is 8.28. The topological polar surface area (TPSA) is 123 Å². The normalized spacial score (nSPS) is 11.8. The highest BCUT2D eigenvalue weighted by Gasteiger charge is 2.45. The minimum Gasteiger partial charge on any atom is -0.319 e. The van der Waals surface area contributed by atoms with Gasteiger partial charge in [-0.25, -0.2) is 0 Å². The van der Waals surface area contributed by atoms with E-state index in [-0.39, 0.29) is 11.4 Å². The van der Waals surface area contributed by atoms with Crippen molar-refractivity contribution in [3.63, 3.8) is 0 Å². The van der Waals surface area contributed by atoms with Crippen LogP contribution >= 0.6 is 0 Å². The molecule has 146 valence electrons. The molecule has 0 aliphatic rings. The standard InChI is InChI=1S/C19H24N2O6/c1-18(2,3)15(23)13(16(24)19(4,5)6)14(22)17(25)20-11-7-9-12(10-8-11)21(26)27/h7-10,13H,1-6H3,(H,20,25). The third-order valence-corrected chi connectivity index (χ3v) is 3.82. The molecular weight excluding hydrogens is 352 g/mol. The molecule has 0 aliphatic carbocycles. The van der Waals surface area contributed by atoms with Gasteiger partial charge in [0.05, 0.1) is 4.92 Å². The summed E-state index contributed by atoms with van der Waals surface area (Å²) >= 11 is 0.